The average molecular weight is 325 g/mol. The fraction of sp³-hybridized carbons (Fsp3) is 0.467. The number of benzene rings is 1. The van der Waals surface area contributed by atoms with Gasteiger partial charge in [-0.15, -0.1) is 0 Å². The van der Waals surface area contributed by atoms with Crippen molar-refractivity contribution < 1.29 is 24.2 Å². The average Bonchev–Trinajstić information content (AvgIpc) is 2.97. The first-order valence-electron chi connectivity index (χ1n) is 6.80. The van der Waals surface area contributed by atoms with Gasteiger partial charge in [0.25, 0.3) is 5.91 Å². The highest BCUT2D eigenvalue weighted by atomic mass is 32.2. The second-order valence-electron chi connectivity index (χ2n) is 5.15. The summed E-state index contributed by atoms with van der Waals surface area (Å²) in [5, 5.41) is 12.1. The van der Waals surface area contributed by atoms with Crippen molar-refractivity contribution in [1.29, 1.82) is 0 Å². The predicted molar refractivity (Wildman–Crippen MR) is 84.1 cm³/mol. The summed E-state index contributed by atoms with van der Waals surface area (Å²) in [6.07, 6.45) is 0.416. The van der Waals surface area contributed by atoms with Gasteiger partial charge in [0.1, 0.15) is 17.0 Å². The minimum atomic E-state index is -1.20. The highest BCUT2D eigenvalue weighted by Gasteiger charge is 2.43. The fourth-order valence-electron chi connectivity index (χ4n) is 2.39. The molecule has 0 aliphatic carbocycles. The third-order valence-corrected chi connectivity index (χ3v) is 4.99. The summed E-state index contributed by atoms with van der Waals surface area (Å²) in [5.41, 5.74) is -0.102. The number of amides is 1. The largest absolute Gasteiger partial charge is 0.496 e. The van der Waals surface area contributed by atoms with Crippen LogP contribution in [0.25, 0.3) is 0 Å². The molecule has 1 aromatic rings. The standard InChI is InChI=1S/C15H19NO5S/c1-9-11(20-2)6-10(7-12(9)21-3)13(17)16-15(14(18)19)4-5-22-8-15/h6-7H,4-5,8H2,1-3H3,(H,16,17)(H,18,19). The lowest BCUT2D eigenvalue weighted by Crippen LogP contribution is -2.54. The number of hydrogen-bond donors (Lipinski definition) is 2. The predicted octanol–water partition coefficient (Wildman–Crippen LogP) is 1.70. The Balaban J connectivity index is 2.31. The van der Waals surface area contributed by atoms with Crippen LogP contribution in [0.5, 0.6) is 11.5 Å². The molecule has 1 amide bonds. The van der Waals surface area contributed by atoms with Gasteiger partial charge in [-0.25, -0.2) is 4.79 Å². The summed E-state index contributed by atoms with van der Waals surface area (Å²) in [4.78, 5) is 24.0. The van der Waals surface area contributed by atoms with Crippen LogP contribution in [0.4, 0.5) is 0 Å². The first kappa shape index (κ1) is 16.5. The van der Waals surface area contributed by atoms with E-state index in [1.54, 1.807) is 12.1 Å². The van der Waals surface area contributed by atoms with E-state index in [-0.39, 0.29) is 0 Å². The van der Waals surface area contributed by atoms with Crippen molar-refractivity contribution in [1.82, 2.24) is 5.32 Å². The number of aliphatic carboxylic acids is 1. The molecule has 120 valence electrons. The SMILES string of the molecule is COc1cc(C(=O)NC2(C(=O)O)CCSC2)cc(OC)c1C. The van der Waals surface area contributed by atoms with Crippen molar-refractivity contribution in [2.45, 2.75) is 18.9 Å². The number of carboxylic acids is 1. The van der Waals surface area contributed by atoms with Gasteiger partial charge >= 0.3 is 5.97 Å². The van der Waals surface area contributed by atoms with Gasteiger partial charge in [0, 0.05) is 16.9 Å². The topological polar surface area (TPSA) is 84.9 Å². The number of carbonyl (C=O) groups excluding carboxylic acids is 1. The van der Waals surface area contributed by atoms with Crippen LogP contribution in [0.3, 0.4) is 0 Å². The normalized spacial score (nSPS) is 20.5. The Hall–Kier alpha value is -1.89. The maximum atomic E-state index is 12.5. The van der Waals surface area contributed by atoms with Gasteiger partial charge in [0.15, 0.2) is 0 Å². The fourth-order valence-corrected chi connectivity index (χ4v) is 3.72. The van der Waals surface area contributed by atoms with E-state index in [2.05, 4.69) is 5.32 Å². The zero-order valence-corrected chi connectivity index (χ0v) is 13.6. The lowest BCUT2D eigenvalue weighted by Gasteiger charge is -2.25. The van der Waals surface area contributed by atoms with E-state index in [0.717, 1.165) is 5.56 Å². The number of nitrogens with one attached hydrogen (secondary N) is 1. The number of carboxylic acid groups (broad SMARTS) is 1. The van der Waals surface area contributed by atoms with Gasteiger partial charge in [-0.2, -0.15) is 11.8 Å². The molecule has 0 bridgehead atoms. The van der Waals surface area contributed by atoms with Crippen molar-refractivity contribution in [3.8, 4) is 11.5 Å². The lowest BCUT2D eigenvalue weighted by atomic mass is 9.98. The summed E-state index contributed by atoms with van der Waals surface area (Å²) >= 11 is 1.52. The van der Waals surface area contributed by atoms with E-state index in [9.17, 15) is 14.7 Å². The molecule has 0 saturated carbocycles. The quantitative estimate of drug-likeness (QED) is 0.857. The van der Waals surface area contributed by atoms with Crippen LogP contribution >= 0.6 is 11.8 Å². The molecule has 1 aliphatic rings. The molecule has 1 aliphatic heterocycles. The van der Waals surface area contributed by atoms with Gasteiger partial charge in [-0.3, -0.25) is 4.79 Å². The highest BCUT2D eigenvalue weighted by molar-refractivity contribution is 7.99. The molecule has 2 N–H and O–H groups in total. The third-order valence-electron chi connectivity index (χ3n) is 3.80. The van der Waals surface area contributed by atoms with Crippen molar-refractivity contribution >= 4 is 23.6 Å². The van der Waals surface area contributed by atoms with Crippen LogP contribution in [0.2, 0.25) is 0 Å². The van der Waals surface area contributed by atoms with E-state index >= 15 is 0 Å². The van der Waals surface area contributed by atoms with Gasteiger partial charge in [-0.1, -0.05) is 0 Å². The van der Waals surface area contributed by atoms with Crippen molar-refractivity contribution in [2.75, 3.05) is 25.7 Å². The van der Waals surface area contributed by atoms with Crippen LogP contribution < -0.4 is 14.8 Å². The molecule has 1 atom stereocenters. The van der Waals surface area contributed by atoms with Crippen LogP contribution in [0.15, 0.2) is 12.1 Å². The molecule has 1 fully saturated rings. The minimum absolute atomic E-state index is 0.317. The van der Waals surface area contributed by atoms with Gasteiger partial charge in [-0.05, 0) is 31.2 Å². The molecule has 1 aromatic carbocycles. The second-order valence-corrected chi connectivity index (χ2v) is 6.25. The van der Waals surface area contributed by atoms with Crippen LogP contribution in [0.1, 0.15) is 22.3 Å². The number of ether oxygens (including phenoxy) is 2. The molecule has 1 saturated heterocycles. The van der Waals surface area contributed by atoms with Crippen LogP contribution in [-0.2, 0) is 4.79 Å². The maximum absolute atomic E-state index is 12.5. The van der Waals surface area contributed by atoms with E-state index in [0.29, 0.717) is 35.0 Å². The van der Waals surface area contributed by atoms with E-state index in [1.165, 1.54) is 26.0 Å². The Labute approximate surface area is 133 Å². The summed E-state index contributed by atoms with van der Waals surface area (Å²) < 4.78 is 10.5. The zero-order valence-electron chi connectivity index (χ0n) is 12.8. The Morgan fingerprint density at radius 3 is 2.27 bits per heavy atom. The summed E-state index contributed by atoms with van der Waals surface area (Å²) in [6.45, 7) is 1.83. The Morgan fingerprint density at radius 2 is 1.86 bits per heavy atom. The molecule has 1 unspecified atom stereocenters. The highest BCUT2D eigenvalue weighted by Crippen LogP contribution is 2.31. The smallest absolute Gasteiger partial charge is 0.330 e. The number of hydrogen-bond acceptors (Lipinski definition) is 5. The Bertz CT molecular complexity index is 571. The molecule has 1 heterocycles. The summed E-state index contributed by atoms with van der Waals surface area (Å²) in [6, 6.07) is 3.18. The number of carbonyl (C=O) groups is 2. The maximum Gasteiger partial charge on any atom is 0.330 e. The van der Waals surface area contributed by atoms with E-state index < -0.39 is 17.4 Å². The zero-order chi connectivity index (χ0) is 16.3. The molecule has 2 rings (SSSR count). The van der Waals surface area contributed by atoms with Gasteiger partial charge in [0.05, 0.1) is 14.2 Å². The molecule has 6 nitrogen and oxygen atoms in total. The molecule has 0 radical (unpaired) electrons. The summed E-state index contributed by atoms with van der Waals surface area (Å²) in [5.74, 6) is 0.684. The van der Waals surface area contributed by atoms with Crippen LogP contribution in [-0.4, -0.2) is 48.2 Å². The third kappa shape index (κ3) is 2.99. The minimum Gasteiger partial charge on any atom is -0.496 e. The molecular formula is C15H19NO5S. The molecular weight excluding hydrogens is 306 g/mol. The van der Waals surface area contributed by atoms with Gasteiger partial charge in [0.2, 0.25) is 0 Å². The molecule has 0 aromatic heterocycles. The van der Waals surface area contributed by atoms with E-state index in [4.69, 9.17) is 9.47 Å². The number of thioether (sulfide) groups is 1. The first-order valence-corrected chi connectivity index (χ1v) is 7.95. The first-order chi connectivity index (χ1) is 10.4. The van der Waals surface area contributed by atoms with Crippen molar-refractivity contribution in [3.63, 3.8) is 0 Å². The van der Waals surface area contributed by atoms with Crippen LogP contribution in [0, 0.1) is 6.92 Å². The monoisotopic (exact) mass is 325 g/mol. The molecule has 7 heteroatoms. The Morgan fingerprint density at radius 1 is 1.27 bits per heavy atom. The number of methoxy groups -OCH3 is 2. The Kier molecular flexibility index (Phi) is 4.85. The lowest BCUT2D eigenvalue weighted by molar-refractivity contribution is -0.143. The van der Waals surface area contributed by atoms with E-state index in [1.807, 2.05) is 6.92 Å². The van der Waals surface area contributed by atoms with Gasteiger partial charge < -0.3 is 19.9 Å². The molecule has 22 heavy (non-hydrogen) atoms. The number of rotatable bonds is 5. The second kappa shape index (κ2) is 6.48. The van der Waals surface area contributed by atoms with Crippen molar-refractivity contribution in [3.05, 3.63) is 23.3 Å². The molecule has 0 spiro atoms. The summed E-state index contributed by atoms with van der Waals surface area (Å²) in [7, 11) is 3.02. The van der Waals surface area contributed by atoms with Crippen molar-refractivity contribution in [2.24, 2.45) is 0 Å².